The standard InChI is InChI=1S/C13H15ClN4O3S/c1-18(2)12-11(8-15-13(16-12)21-3)17-22(19,20)10-6-4-5-9(14)7-10/h4-8,17H,1-3H3. The van der Waals surface area contributed by atoms with Gasteiger partial charge in [-0.05, 0) is 18.2 Å². The predicted molar refractivity (Wildman–Crippen MR) is 85.2 cm³/mol. The molecule has 0 spiro atoms. The van der Waals surface area contributed by atoms with Gasteiger partial charge in [-0.15, -0.1) is 0 Å². The highest BCUT2D eigenvalue weighted by atomic mass is 35.5. The Kier molecular flexibility index (Phi) is 4.72. The molecule has 2 aromatic rings. The van der Waals surface area contributed by atoms with Crippen LogP contribution in [-0.4, -0.2) is 39.6 Å². The van der Waals surface area contributed by atoms with Crippen LogP contribution in [0.25, 0.3) is 0 Å². The molecule has 0 saturated heterocycles. The van der Waals surface area contributed by atoms with Gasteiger partial charge >= 0.3 is 6.01 Å². The van der Waals surface area contributed by atoms with Gasteiger partial charge < -0.3 is 9.64 Å². The zero-order chi connectivity index (χ0) is 16.3. The Bertz CT molecular complexity index is 781. The van der Waals surface area contributed by atoms with Crippen LogP contribution in [0.2, 0.25) is 5.02 Å². The minimum Gasteiger partial charge on any atom is -0.467 e. The van der Waals surface area contributed by atoms with E-state index in [1.54, 1.807) is 31.1 Å². The average molecular weight is 343 g/mol. The molecule has 0 fully saturated rings. The predicted octanol–water partition coefficient (Wildman–Crippen LogP) is 2.01. The van der Waals surface area contributed by atoms with Gasteiger partial charge in [0.15, 0.2) is 5.82 Å². The van der Waals surface area contributed by atoms with Gasteiger partial charge in [-0.3, -0.25) is 4.72 Å². The van der Waals surface area contributed by atoms with E-state index in [-0.39, 0.29) is 16.6 Å². The number of nitrogens with one attached hydrogen (secondary N) is 1. The monoisotopic (exact) mass is 342 g/mol. The molecule has 0 atom stereocenters. The largest absolute Gasteiger partial charge is 0.467 e. The summed E-state index contributed by atoms with van der Waals surface area (Å²) in [7, 11) is 1.11. The normalized spacial score (nSPS) is 11.1. The first-order valence-corrected chi connectivity index (χ1v) is 8.06. The van der Waals surface area contributed by atoms with Gasteiger partial charge in [0.25, 0.3) is 10.0 Å². The van der Waals surface area contributed by atoms with Crippen LogP contribution in [0.3, 0.4) is 0 Å². The van der Waals surface area contributed by atoms with Gasteiger partial charge in [0.1, 0.15) is 5.69 Å². The highest BCUT2D eigenvalue weighted by Crippen LogP contribution is 2.26. The average Bonchev–Trinajstić information content (AvgIpc) is 2.47. The van der Waals surface area contributed by atoms with Crippen molar-refractivity contribution < 1.29 is 13.2 Å². The van der Waals surface area contributed by atoms with Gasteiger partial charge in [-0.25, -0.2) is 13.4 Å². The van der Waals surface area contributed by atoms with Crippen molar-refractivity contribution in [3.05, 3.63) is 35.5 Å². The van der Waals surface area contributed by atoms with E-state index in [1.807, 2.05) is 0 Å². The first-order chi connectivity index (χ1) is 10.3. The van der Waals surface area contributed by atoms with Gasteiger partial charge in [0, 0.05) is 19.1 Å². The van der Waals surface area contributed by atoms with Gasteiger partial charge in [0.05, 0.1) is 18.2 Å². The summed E-state index contributed by atoms with van der Waals surface area (Å²) in [6, 6.07) is 6.13. The highest BCUT2D eigenvalue weighted by Gasteiger charge is 2.19. The first-order valence-electron chi connectivity index (χ1n) is 6.20. The minimum absolute atomic E-state index is 0.0560. The summed E-state index contributed by atoms with van der Waals surface area (Å²) >= 11 is 5.83. The number of hydrogen-bond donors (Lipinski definition) is 1. The molecular formula is C13H15ClN4O3S. The Labute approximate surface area is 134 Å². The fourth-order valence-corrected chi connectivity index (χ4v) is 3.05. The van der Waals surface area contributed by atoms with Crippen LogP contribution in [0.5, 0.6) is 6.01 Å². The lowest BCUT2D eigenvalue weighted by molar-refractivity contribution is 0.380. The van der Waals surface area contributed by atoms with E-state index < -0.39 is 10.0 Å². The Hall–Kier alpha value is -2.06. The third-order valence-corrected chi connectivity index (χ3v) is 4.30. The Morgan fingerprint density at radius 2 is 2.05 bits per heavy atom. The van der Waals surface area contributed by atoms with Crippen LogP contribution in [0.15, 0.2) is 35.4 Å². The number of nitrogens with zero attached hydrogens (tertiary/aromatic N) is 3. The number of benzene rings is 1. The van der Waals surface area contributed by atoms with Crippen LogP contribution in [0.1, 0.15) is 0 Å². The lowest BCUT2D eigenvalue weighted by Crippen LogP contribution is -2.19. The topological polar surface area (TPSA) is 84.4 Å². The fraction of sp³-hybridized carbons (Fsp3) is 0.231. The molecule has 0 aliphatic heterocycles. The minimum atomic E-state index is -3.79. The smallest absolute Gasteiger partial charge is 0.318 e. The van der Waals surface area contributed by atoms with Crippen LogP contribution in [0, 0.1) is 0 Å². The first kappa shape index (κ1) is 16.3. The Balaban J connectivity index is 2.41. The van der Waals surface area contributed by atoms with Crippen molar-refractivity contribution in [2.24, 2.45) is 0 Å². The maximum Gasteiger partial charge on any atom is 0.318 e. The van der Waals surface area contributed by atoms with Crippen LogP contribution in [-0.2, 0) is 10.0 Å². The van der Waals surface area contributed by atoms with Crippen molar-refractivity contribution in [3.8, 4) is 6.01 Å². The number of halogens is 1. The lowest BCUT2D eigenvalue weighted by atomic mass is 10.4. The maximum absolute atomic E-state index is 12.4. The second-order valence-corrected chi connectivity index (χ2v) is 6.67. The number of hydrogen-bond acceptors (Lipinski definition) is 6. The Morgan fingerprint density at radius 1 is 1.32 bits per heavy atom. The summed E-state index contributed by atoms with van der Waals surface area (Å²) in [5.74, 6) is 0.387. The van der Waals surface area contributed by atoms with Crippen molar-refractivity contribution in [3.63, 3.8) is 0 Å². The van der Waals surface area contributed by atoms with Crippen LogP contribution in [0.4, 0.5) is 11.5 Å². The molecule has 0 aliphatic rings. The number of aromatic nitrogens is 2. The highest BCUT2D eigenvalue weighted by molar-refractivity contribution is 7.92. The van der Waals surface area contributed by atoms with Gasteiger partial charge in [-0.1, -0.05) is 17.7 Å². The molecule has 9 heteroatoms. The molecule has 0 bridgehead atoms. The molecule has 2 rings (SSSR count). The van der Waals surface area contributed by atoms with Crippen molar-refractivity contribution in [2.75, 3.05) is 30.8 Å². The molecule has 118 valence electrons. The van der Waals surface area contributed by atoms with Crippen LogP contribution >= 0.6 is 11.6 Å². The summed E-state index contributed by atoms with van der Waals surface area (Å²) in [6.07, 6.45) is 1.35. The van der Waals surface area contributed by atoms with E-state index in [1.165, 1.54) is 25.4 Å². The lowest BCUT2D eigenvalue weighted by Gasteiger charge is -2.17. The molecule has 7 nitrogen and oxygen atoms in total. The summed E-state index contributed by atoms with van der Waals surface area (Å²) in [6.45, 7) is 0. The molecule has 0 aliphatic carbocycles. The third kappa shape index (κ3) is 3.58. The summed E-state index contributed by atoms with van der Waals surface area (Å²) in [5.41, 5.74) is 0.241. The SMILES string of the molecule is COc1ncc(NS(=O)(=O)c2cccc(Cl)c2)c(N(C)C)n1. The van der Waals surface area contributed by atoms with E-state index in [2.05, 4.69) is 14.7 Å². The molecule has 1 aromatic heterocycles. The van der Waals surface area contributed by atoms with E-state index in [0.29, 0.717) is 10.8 Å². The third-order valence-electron chi connectivity index (χ3n) is 2.70. The van der Waals surface area contributed by atoms with Crippen molar-refractivity contribution in [1.82, 2.24) is 9.97 Å². The molecule has 0 saturated carbocycles. The molecule has 0 radical (unpaired) electrons. The zero-order valence-corrected chi connectivity index (χ0v) is 13.8. The molecule has 0 amide bonds. The second kappa shape index (κ2) is 6.37. The second-order valence-electron chi connectivity index (χ2n) is 4.55. The van der Waals surface area contributed by atoms with Crippen molar-refractivity contribution >= 4 is 33.1 Å². The number of rotatable bonds is 5. The number of anilines is 2. The quantitative estimate of drug-likeness (QED) is 0.894. The molecule has 1 heterocycles. The van der Waals surface area contributed by atoms with E-state index in [0.717, 1.165) is 0 Å². The van der Waals surface area contributed by atoms with Crippen molar-refractivity contribution in [2.45, 2.75) is 4.90 Å². The molecule has 22 heavy (non-hydrogen) atoms. The van der Waals surface area contributed by atoms with Gasteiger partial charge in [0.2, 0.25) is 0 Å². The summed E-state index contributed by atoms with van der Waals surface area (Å²) in [5, 5.41) is 0.335. The van der Waals surface area contributed by atoms with E-state index in [4.69, 9.17) is 16.3 Å². The molecule has 1 aromatic carbocycles. The molecular weight excluding hydrogens is 328 g/mol. The number of ether oxygens (including phenoxy) is 1. The van der Waals surface area contributed by atoms with Gasteiger partial charge in [-0.2, -0.15) is 4.98 Å². The van der Waals surface area contributed by atoms with E-state index >= 15 is 0 Å². The number of methoxy groups -OCH3 is 1. The maximum atomic E-state index is 12.4. The fourth-order valence-electron chi connectivity index (χ4n) is 1.71. The molecule has 0 unspecified atom stereocenters. The van der Waals surface area contributed by atoms with E-state index in [9.17, 15) is 8.42 Å². The molecule has 1 N–H and O–H groups in total. The number of sulfonamides is 1. The van der Waals surface area contributed by atoms with Crippen LogP contribution < -0.4 is 14.4 Å². The summed E-state index contributed by atoms with van der Waals surface area (Å²) < 4.78 is 32.2. The summed E-state index contributed by atoms with van der Waals surface area (Å²) in [4.78, 5) is 9.76. The van der Waals surface area contributed by atoms with Crippen molar-refractivity contribution in [1.29, 1.82) is 0 Å². The zero-order valence-electron chi connectivity index (χ0n) is 12.2. The Morgan fingerprint density at radius 3 is 2.64 bits per heavy atom.